The summed E-state index contributed by atoms with van der Waals surface area (Å²) in [6.45, 7) is 11.4. The van der Waals surface area contributed by atoms with Crippen molar-refractivity contribution >= 4 is 54.3 Å². The van der Waals surface area contributed by atoms with Crippen LogP contribution in [0.2, 0.25) is 0 Å². The Labute approximate surface area is 229 Å². The van der Waals surface area contributed by atoms with Gasteiger partial charge < -0.3 is 4.42 Å². The minimum atomic E-state index is 0.213. The largest absolute Gasteiger partial charge is 0.455 e. The average molecular weight is 509 g/mol. The molecule has 5 aromatic carbocycles. The van der Waals surface area contributed by atoms with Crippen molar-refractivity contribution < 1.29 is 8.98 Å². The van der Waals surface area contributed by atoms with E-state index in [-0.39, 0.29) is 5.41 Å². The van der Waals surface area contributed by atoms with Gasteiger partial charge in [-0.1, -0.05) is 81.4 Å². The van der Waals surface area contributed by atoms with Gasteiger partial charge in [-0.05, 0) is 75.9 Å². The van der Waals surface area contributed by atoms with Crippen LogP contribution in [-0.2, 0) is 13.5 Å². The zero-order valence-electron chi connectivity index (χ0n) is 23.6. The molecule has 0 atom stereocenters. The van der Waals surface area contributed by atoms with E-state index in [1.54, 1.807) is 0 Å². The Morgan fingerprint density at radius 3 is 1.92 bits per heavy atom. The van der Waals surface area contributed by atoms with Crippen LogP contribution in [0.25, 0.3) is 65.5 Å². The zero-order valence-corrected chi connectivity index (χ0v) is 23.6. The van der Waals surface area contributed by atoms with Crippen LogP contribution in [-0.4, -0.2) is 0 Å². The highest BCUT2D eigenvalue weighted by Gasteiger charge is 2.25. The van der Waals surface area contributed by atoms with Crippen molar-refractivity contribution in [3.63, 3.8) is 0 Å². The average Bonchev–Trinajstić information content (AvgIpc) is 3.28. The van der Waals surface area contributed by atoms with Gasteiger partial charge in [0.25, 0.3) is 0 Å². The van der Waals surface area contributed by atoms with E-state index in [4.69, 9.17) is 4.42 Å². The van der Waals surface area contributed by atoms with Crippen LogP contribution in [0.4, 0.5) is 0 Å². The highest BCUT2D eigenvalue weighted by atomic mass is 16.3. The number of pyridine rings is 1. The molecule has 0 fully saturated rings. The third-order valence-corrected chi connectivity index (χ3v) is 8.28. The van der Waals surface area contributed by atoms with Crippen LogP contribution in [0, 0.1) is 19.3 Å². The van der Waals surface area contributed by atoms with Gasteiger partial charge >= 0.3 is 0 Å². The molecular formula is C37H34NO+. The van der Waals surface area contributed by atoms with E-state index in [1.807, 2.05) is 0 Å². The lowest BCUT2D eigenvalue weighted by Gasteiger charge is -2.19. The first-order chi connectivity index (χ1) is 18.7. The van der Waals surface area contributed by atoms with Crippen LogP contribution in [0.5, 0.6) is 0 Å². The molecule has 0 radical (unpaired) electrons. The molecule has 0 aliphatic rings. The molecule has 0 unspecified atom stereocenters. The van der Waals surface area contributed by atoms with Crippen molar-refractivity contribution in [1.82, 2.24) is 0 Å². The van der Waals surface area contributed by atoms with Crippen LogP contribution in [0.1, 0.15) is 37.5 Å². The number of fused-ring (bicyclic) bond motifs is 10. The molecule has 0 bridgehead atoms. The van der Waals surface area contributed by atoms with Gasteiger partial charge in [-0.15, -0.1) is 0 Å². The normalized spacial score (nSPS) is 12.5. The molecule has 0 amide bonds. The van der Waals surface area contributed by atoms with Crippen LogP contribution in [0.3, 0.4) is 0 Å². The quantitative estimate of drug-likeness (QED) is 0.168. The van der Waals surface area contributed by atoms with Crippen LogP contribution in [0.15, 0.2) is 89.5 Å². The summed E-state index contributed by atoms with van der Waals surface area (Å²) in [6, 6.07) is 28.9. The molecule has 0 saturated carbocycles. The molecule has 39 heavy (non-hydrogen) atoms. The van der Waals surface area contributed by atoms with Crippen molar-refractivity contribution in [3.05, 3.63) is 102 Å². The third-order valence-electron chi connectivity index (χ3n) is 8.28. The Morgan fingerprint density at radius 1 is 0.667 bits per heavy atom. The fraction of sp³-hybridized carbons (Fsp3) is 0.216. The number of aromatic nitrogens is 1. The molecule has 0 aliphatic carbocycles. The number of hydrogen-bond donors (Lipinski definition) is 0. The molecule has 2 heteroatoms. The third kappa shape index (κ3) is 3.66. The van der Waals surface area contributed by atoms with Gasteiger partial charge in [0, 0.05) is 27.8 Å². The highest BCUT2D eigenvalue weighted by molar-refractivity contribution is 6.34. The fourth-order valence-corrected chi connectivity index (χ4v) is 6.58. The predicted molar refractivity (Wildman–Crippen MR) is 165 cm³/mol. The minimum absolute atomic E-state index is 0.213. The Balaban J connectivity index is 1.62. The smallest absolute Gasteiger partial charge is 0.216 e. The van der Waals surface area contributed by atoms with Crippen molar-refractivity contribution in [2.24, 2.45) is 12.5 Å². The van der Waals surface area contributed by atoms with Crippen molar-refractivity contribution in [2.75, 3.05) is 0 Å². The standard InChI is InChI=1S/C37H34NO/c1-22-15-16-30-35-32(39-36(30)33(22)31-19-24(20-37(3,4)5)23(2)21-38(31)6)18-17-29-27-13-8-7-11-25(27)26-12-9-10-14-28(26)34(29)35/h7-19,21H,20H2,1-6H3/q+1. The van der Waals surface area contributed by atoms with Crippen molar-refractivity contribution in [2.45, 2.75) is 41.0 Å². The first-order valence-corrected chi connectivity index (χ1v) is 13.9. The monoisotopic (exact) mass is 508 g/mol. The summed E-state index contributed by atoms with van der Waals surface area (Å²) < 4.78 is 9.06. The molecule has 2 heterocycles. The molecule has 0 spiro atoms. The summed E-state index contributed by atoms with van der Waals surface area (Å²) in [5, 5.41) is 10.1. The zero-order chi connectivity index (χ0) is 27.1. The van der Waals surface area contributed by atoms with Gasteiger partial charge in [0.1, 0.15) is 18.2 Å². The predicted octanol–water partition coefficient (Wildman–Crippen LogP) is 9.74. The van der Waals surface area contributed by atoms with Crippen LogP contribution >= 0.6 is 0 Å². The number of rotatable bonds is 2. The minimum Gasteiger partial charge on any atom is -0.455 e. The van der Waals surface area contributed by atoms with Gasteiger partial charge in [0.2, 0.25) is 5.69 Å². The summed E-state index contributed by atoms with van der Waals surface area (Å²) in [7, 11) is 2.15. The van der Waals surface area contributed by atoms with Gasteiger partial charge in [-0.3, -0.25) is 0 Å². The summed E-state index contributed by atoms with van der Waals surface area (Å²) >= 11 is 0. The maximum absolute atomic E-state index is 6.80. The molecule has 7 aromatic rings. The van der Waals surface area contributed by atoms with Gasteiger partial charge in [-0.2, -0.15) is 0 Å². The Hall–Kier alpha value is -4.17. The van der Waals surface area contributed by atoms with E-state index in [2.05, 4.69) is 131 Å². The number of aryl methyl sites for hydroxylation is 3. The second-order valence-corrected chi connectivity index (χ2v) is 12.4. The van der Waals surface area contributed by atoms with E-state index in [0.717, 1.165) is 17.6 Å². The van der Waals surface area contributed by atoms with E-state index >= 15 is 0 Å². The molecular weight excluding hydrogens is 474 g/mol. The first-order valence-electron chi connectivity index (χ1n) is 13.9. The maximum atomic E-state index is 6.80. The summed E-state index contributed by atoms with van der Waals surface area (Å²) in [5.41, 5.74) is 8.44. The van der Waals surface area contributed by atoms with E-state index in [1.165, 1.54) is 71.0 Å². The summed E-state index contributed by atoms with van der Waals surface area (Å²) in [5.74, 6) is 0. The van der Waals surface area contributed by atoms with Crippen molar-refractivity contribution in [3.8, 4) is 11.3 Å². The summed E-state index contributed by atoms with van der Waals surface area (Å²) in [4.78, 5) is 0. The van der Waals surface area contributed by atoms with Gasteiger partial charge in [0.15, 0.2) is 6.20 Å². The molecule has 7 rings (SSSR count). The molecule has 0 saturated heterocycles. The lowest BCUT2D eigenvalue weighted by molar-refractivity contribution is -0.660. The molecule has 0 aliphatic heterocycles. The topological polar surface area (TPSA) is 17.0 Å². The van der Waals surface area contributed by atoms with Crippen molar-refractivity contribution in [1.29, 1.82) is 0 Å². The Bertz CT molecular complexity index is 2070. The van der Waals surface area contributed by atoms with E-state index < -0.39 is 0 Å². The molecule has 2 nitrogen and oxygen atoms in total. The molecule has 0 N–H and O–H groups in total. The van der Waals surface area contributed by atoms with E-state index in [0.29, 0.717) is 0 Å². The maximum Gasteiger partial charge on any atom is 0.216 e. The number of furan rings is 1. The van der Waals surface area contributed by atoms with E-state index in [9.17, 15) is 0 Å². The lowest BCUT2D eigenvalue weighted by atomic mass is 9.86. The first kappa shape index (κ1) is 23.9. The Kier molecular flexibility index (Phi) is 5.16. The van der Waals surface area contributed by atoms with Crippen LogP contribution < -0.4 is 4.57 Å². The fourth-order valence-electron chi connectivity index (χ4n) is 6.58. The lowest BCUT2D eigenvalue weighted by Crippen LogP contribution is -2.32. The van der Waals surface area contributed by atoms with Gasteiger partial charge in [0.05, 0.1) is 5.56 Å². The summed E-state index contributed by atoms with van der Waals surface area (Å²) in [6.07, 6.45) is 3.30. The molecule has 192 valence electrons. The second kappa shape index (κ2) is 8.41. The number of hydrogen-bond acceptors (Lipinski definition) is 1. The highest BCUT2D eigenvalue weighted by Crippen LogP contribution is 2.44. The van der Waals surface area contributed by atoms with Gasteiger partial charge in [-0.25, -0.2) is 4.57 Å². The molecule has 2 aromatic heterocycles. The number of benzene rings is 5. The SMILES string of the molecule is Cc1c[n+](C)c(-c2c(C)ccc3c2oc2ccc4c5ccccc5c5ccccc5c4c23)cc1CC(C)(C)C. The second-order valence-electron chi connectivity index (χ2n) is 12.4. The number of nitrogens with zero attached hydrogens (tertiary/aromatic N) is 1. The Morgan fingerprint density at radius 2 is 1.26 bits per heavy atom.